The van der Waals surface area contributed by atoms with Crippen molar-refractivity contribution in [1.82, 2.24) is 14.7 Å². The molecule has 1 aliphatic rings. The number of nitrogens with zero attached hydrogens (tertiary/aromatic N) is 3. The van der Waals surface area contributed by atoms with Gasteiger partial charge in [0.15, 0.2) is 9.84 Å². The van der Waals surface area contributed by atoms with Crippen molar-refractivity contribution in [3.63, 3.8) is 0 Å². The molecule has 3 rings (SSSR count). The van der Waals surface area contributed by atoms with E-state index in [1.165, 1.54) is 0 Å². The van der Waals surface area contributed by atoms with Crippen LogP contribution in [0, 0.1) is 6.92 Å². The van der Waals surface area contributed by atoms with Crippen molar-refractivity contribution in [1.29, 1.82) is 0 Å². The summed E-state index contributed by atoms with van der Waals surface area (Å²) in [4.78, 5) is 14.4. The molecule has 0 spiro atoms. The van der Waals surface area contributed by atoms with E-state index < -0.39 is 15.9 Å². The molecule has 7 nitrogen and oxygen atoms in total. The lowest BCUT2D eigenvalue weighted by Gasteiger charge is -2.27. The van der Waals surface area contributed by atoms with Gasteiger partial charge in [0.25, 0.3) is 0 Å². The van der Waals surface area contributed by atoms with Crippen LogP contribution in [0.15, 0.2) is 35.2 Å². The predicted molar refractivity (Wildman–Crippen MR) is 96.1 cm³/mol. The third-order valence-corrected chi connectivity index (χ3v) is 6.29. The number of benzene rings is 1. The molecule has 1 atom stereocenters. The van der Waals surface area contributed by atoms with Crippen LogP contribution in [-0.4, -0.2) is 46.4 Å². The molecule has 1 amide bonds. The van der Waals surface area contributed by atoms with Crippen LogP contribution in [0.2, 0.25) is 0 Å². The number of carbonyl (C=O) groups is 1. The average molecular weight is 377 g/mol. The normalized spacial score (nSPS) is 15.6. The number of aryl methyl sites for hydroxylation is 1. The zero-order valence-corrected chi connectivity index (χ0v) is 15.7. The Morgan fingerprint density at radius 1 is 1.27 bits per heavy atom. The predicted octanol–water partition coefficient (Wildman–Crippen LogP) is 1.45. The fraction of sp³-hybridized carbons (Fsp3) is 0.444. The number of hydrogen-bond donors (Lipinski definition) is 1. The number of hydrogen-bond acceptors (Lipinski definition) is 5. The molecule has 8 heteroatoms. The molecule has 0 saturated heterocycles. The molecular weight excluding hydrogens is 354 g/mol. The van der Waals surface area contributed by atoms with E-state index in [1.807, 2.05) is 6.92 Å². The van der Waals surface area contributed by atoms with Gasteiger partial charge in [-0.15, -0.1) is 0 Å². The van der Waals surface area contributed by atoms with Gasteiger partial charge in [-0.1, -0.05) is 17.7 Å². The van der Waals surface area contributed by atoms with E-state index in [4.69, 9.17) is 0 Å². The Morgan fingerprint density at radius 3 is 2.62 bits per heavy atom. The lowest BCUT2D eigenvalue weighted by molar-refractivity contribution is -0.132. The number of amides is 1. The van der Waals surface area contributed by atoms with Gasteiger partial charge in [0, 0.05) is 13.0 Å². The van der Waals surface area contributed by atoms with Crippen molar-refractivity contribution in [2.24, 2.45) is 0 Å². The van der Waals surface area contributed by atoms with Gasteiger partial charge in [0.2, 0.25) is 5.91 Å². The topological polar surface area (TPSA) is 92.5 Å². The van der Waals surface area contributed by atoms with Crippen molar-refractivity contribution in [3.05, 3.63) is 47.3 Å². The zero-order chi connectivity index (χ0) is 18.9. The number of aromatic nitrogens is 2. The molecule has 0 fully saturated rings. The van der Waals surface area contributed by atoms with Crippen LogP contribution in [-0.2, 0) is 27.7 Å². The molecule has 0 saturated carbocycles. The first-order valence-corrected chi connectivity index (χ1v) is 10.2. The number of aliphatic hydroxyl groups excluding tert-OH is 1. The van der Waals surface area contributed by atoms with Crippen LogP contribution in [0.3, 0.4) is 0 Å². The van der Waals surface area contributed by atoms with Crippen molar-refractivity contribution >= 4 is 15.7 Å². The molecular formula is C18H23N3O4S. The Morgan fingerprint density at radius 2 is 1.96 bits per heavy atom. The van der Waals surface area contributed by atoms with Crippen LogP contribution >= 0.6 is 0 Å². The summed E-state index contributed by atoms with van der Waals surface area (Å²) in [5.41, 5.74) is 2.42. The van der Waals surface area contributed by atoms with E-state index in [2.05, 4.69) is 5.10 Å². The van der Waals surface area contributed by atoms with E-state index in [9.17, 15) is 18.3 Å². The summed E-state index contributed by atoms with van der Waals surface area (Å²) < 4.78 is 26.6. The van der Waals surface area contributed by atoms with Crippen molar-refractivity contribution in [2.75, 3.05) is 12.3 Å². The first kappa shape index (κ1) is 18.6. The number of aliphatic hydroxyl groups is 1. The van der Waals surface area contributed by atoms with Gasteiger partial charge in [0.05, 0.1) is 41.2 Å². The summed E-state index contributed by atoms with van der Waals surface area (Å²) in [5, 5.41) is 13.9. The number of rotatable bonds is 5. The van der Waals surface area contributed by atoms with Crippen molar-refractivity contribution in [2.45, 2.75) is 44.4 Å². The molecule has 0 radical (unpaired) electrons. The summed E-state index contributed by atoms with van der Waals surface area (Å²) in [6.07, 6.45) is -0.704. The Balaban J connectivity index is 1.62. The maximum Gasteiger partial charge on any atom is 0.224 e. The van der Waals surface area contributed by atoms with E-state index in [0.29, 0.717) is 25.3 Å². The Hall–Kier alpha value is -2.19. The molecule has 0 aliphatic carbocycles. The first-order valence-electron chi connectivity index (χ1n) is 8.58. The summed E-state index contributed by atoms with van der Waals surface area (Å²) in [6.45, 7) is 4.94. The highest BCUT2D eigenvalue weighted by atomic mass is 32.2. The fourth-order valence-corrected chi connectivity index (χ4v) is 4.18. The molecule has 1 N–H and O–H groups in total. The highest BCUT2D eigenvalue weighted by molar-refractivity contribution is 7.91. The molecule has 0 unspecified atom stereocenters. The summed E-state index contributed by atoms with van der Waals surface area (Å²) in [6, 6.07) is 8.44. The fourth-order valence-electron chi connectivity index (χ4n) is 2.95. The third kappa shape index (κ3) is 3.96. The van der Waals surface area contributed by atoms with Crippen molar-refractivity contribution in [3.8, 4) is 0 Å². The van der Waals surface area contributed by atoms with Crippen molar-refractivity contribution < 1.29 is 18.3 Å². The first-order chi connectivity index (χ1) is 12.3. The minimum atomic E-state index is -3.48. The minimum absolute atomic E-state index is 0.0480. The Labute approximate surface area is 153 Å². The maximum atomic E-state index is 12.5. The number of carbonyl (C=O) groups excluding carboxylic acids is 1. The van der Waals surface area contributed by atoms with E-state index in [0.717, 1.165) is 11.3 Å². The lowest BCUT2D eigenvalue weighted by atomic mass is 10.2. The molecule has 2 heterocycles. The van der Waals surface area contributed by atoms with Gasteiger partial charge < -0.3 is 10.0 Å². The molecule has 26 heavy (non-hydrogen) atoms. The van der Waals surface area contributed by atoms with Crippen LogP contribution in [0.25, 0.3) is 0 Å². The number of sulfone groups is 1. The second-order valence-corrected chi connectivity index (χ2v) is 8.77. The second kappa shape index (κ2) is 7.20. The standard InChI is InChI=1S/C18H23N3O4S/c1-13-3-5-16(6-4-13)26(24,25)10-7-18(23)20-8-9-21-15(12-20)11-17(19-21)14(2)22/h3-6,11,14,22H,7-10,12H2,1-2H3/t14-/m0/s1. The van der Waals surface area contributed by atoms with Gasteiger partial charge in [0.1, 0.15) is 0 Å². The number of fused-ring (bicyclic) bond motifs is 1. The molecule has 1 aromatic heterocycles. The van der Waals surface area contributed by atoms with Gasteiger partial charge >= 0.3 is 0 Å². The second-order valence-electron chi connectivity index (χ2n) is 6.66. The summed E-state index contributed by atoms with van der Waals surface area (Å²) in [7, 11) is -3.48. The van der Waals surface area contributed by atoms with Gasteiger partial charge in [-0.05, 0) is 32.0 Å². The SMILES string of the molecule is Cc1ccc(S(=O)(=O)CCC(=O)N2CCn3nc([C@H](C)O)cc3C2)cc1. The molecule has 1 aliphatic heterocycles. The Kier molecular flexibility index (Phi) is 5.15. The highest BCUT2D eigenvalue weighted by Gasteiger charge is 2.25. The van der Waals surface area contributed by atoms with E-state index in [-0.39, 0.29) is 23.0 Å². The largest absolute Gasteiger partial charge is 0.387 e. The van der Waals surface area contributed by atoms with E-state index >= 15 is 0 Å². The van der Waals surface area contributed by atoms with E-state index in [1.54, 1.807) is 46.8 Å². The molecule has 140 valence electrons. The van der Waals surface area contributed by atoms with Crippen LogP contribution < -0.4 is 0 Å². The van der Waals surface area contributed by atoms with Gasteiger partial charge in [-0.25, -0.2) is 8.42 Å². The Bertz CT molecular complexity index is 901. The zero-order valence-electron chi connectivity index (χ0n) is 14.9. The monoisotopic (exact) mass is 377 g/mol. The maximum absolute atomic E-state index is 12.5. The summed E-state index contributed by atoms with van der Waals surface area (Å²) in [5.74, 6) is -0.393. The quantitative estimate of drug-likeness (QED) is 0.851. The lowest BCUT2D eigenvalue weighted by Crippen LogP contribution is -2.39. The summed E-state index contributed by atoms with van der Waals surface area (Å²) >= 11 is 0. The third-order valence-electron chi connectivity index (χ3n) is 4.56. The minimum Gasteiger partial charge on any atom is -0.387 e. The molecule has 2 aromatic rings. The molecule has 0 bridgehead atoms. The van der Waals surface area contributed by atoms with Crippen LogP contribution in [0.4, 0.5) is 0 Å². The average Bonchev–Trinajstić information content (AvgIpc) is 3.03. The van der Waals surface area contributed by atoms with Crippen LogP contribution in [0.5, 0.6) is 0 Å². The van der Waals surface area contributed by atoms with Crippen LogP contribution in [0.1, 0.15) is 36.4 Å². The van der Waals surface area contributed by atoms with Gasteiger partial charge in [-0.3, -0.25) is 9.48 Å². The highest BCUT2D eigenvalue weighted by Crippen LogP contribution is 2.19. The van der Waals surface area contributed by atoms with Gasteiger partial charge in [-0.2, -0.15) is 5.10 Å². The smallest absolute Gasteiger partial charge is 0.224 e. The molecule has 1 aromatic carbocycles.